The minimum Gasteiger partial charge on any atom is -0.462 e. The van der Waals surface area contributed by atoms with Crippen molar-refractivity contribution >= 4 is 19.8 Å². The Balaban J connectivity index is 4.17. The highest BCUT2D eigenvalue weighted by Gasteiger charge is 2.27. The number of allylic oxidation sites excluding steroid dienone is 8. The molecule has 0 aliphatic heterocycles. The highest BCUT2D eigenvalue weighted by molar-refractivity contribution is 7.47. The van der Waals surface area contributed by atoms with E-state index < -0.39 is 51.8 Å². The number of carbonyl (C=O) groups is 2. The molecule has 3 unspecified atom stereocenters. The van der Waals surface area contributed by atoms with Crippen LogP contribution in [-0.2, 0) is 32.7 Å². The standard InChI is InChI=1S/C43H77O10P/c1-3-5-7-9-11-13-14-15-16-17-18-19-20-21-22-23-24-25-26-27-29-31-33-35-43(47)53-41(39-52-54(48,49)51-37-40(45)36-44)38-50-42(46)34-32-30-28-12-10-8-6-4-2/h5,7,11,13,15-16,18-19,40-41,44-45H,3-4,6,8-10,12,14,17,20-39H2,1-2H3,(H,48,49)/b7-5-,13-11-,16-15-,19-18-. The second-order valence-corrected chi connectivity index (χ2v) is 15.4. The first kappa shape index (κ1) is 51.9. The molecular formula is C43H77O10P. The zero-order valence-corrected chi connectivity index (χ0v) is 34.8. The Bertz CT molecular complexity index is 1040. The van der Waals surface area contributed by atoms with E-state index in [9.17, 15) is 24.2 Å². The van der Waals surface area contributed by atoms with Crippen molar-refractivity contribution in [3.8, 4) is 0 Å². The summed E-state index contributed by atoms with van der Waals surface area (Å²) in [6.07, 6.45) is 41.0. The summed E-state index contributed by atoms with van der Waals surface area (Å²) in [6.45, 7) is 2.22. The molecule has 0 saturated heterocycles. The molecule has 0 spiro atoms. The first-order chi connectivity index (χ1) is 26.2. The van der Waals surface area contributed by atoms with E-state index >= 15 is 0 Å². The maximum atomic E-state index is 12.6. The van der Waals surface area contributed by atoms with E-state index in [-0.39, 0.29) is 19.4 Å². The number of rotatable bonds is 39. The fraction of sp³-hybridized carbons (Fsp3) is 0.767. The quantitative estimate of drug-likeness (QED) is 0.0238. The van der Waals surface area contributed by atoms with E-state index in [1.807, 2.05) is 0 Å². The lowest BCUT2D eigenvalue weighted by Crippen LogP contribution is -2.29. The molecule has 10 nitrogen and oxygen atoms in total. The number of hydrogen-bond acceptors (Lipinski definition) is 9. The number of phosphoric ester groups is 1. The summed E-state index contributed by atoms with van der Waals surface area (Å²) in [5.74, 6) is -0.934. The van der Waals surface area contributed by atoms with E-state index in [0.717, 1.165) is 70.6 Å². The largest absolute Gasteiger partial charge is 0.472 e. The Morgan fingerprint density at radius 2 is 1.02 bits per heavy atom. The summed E-state index contributed by atoms with van der Waals surface area (Å²) < 4.78 is 32.6. The Labute approximate surface area is 328 Å². The van der Waals surface area contributed by atoms with Crippen LogP contribution in [0.2, 0.25) is 0 Å². The summed E-state index contributed by atoms with van der Waals surface area (Å²) in [4.78, 5) is 34.8. The van der Waals surface area contributed by atoms with Crippen molar-refractivity contribution in [1.82, 2.24) is 0 Å². The van der Waals surface area contributed by atoms with Crippen LogP contribution in [0.5, 0.6) is 0 Å². The molecule has 0 rings (SSSR count). The predicted molar refractivity (Wildman–Crippen MR) is 219 cm³/mol. The van der Waals surface area contributed by atoms with Crippen LogP contribution < -0.4 is 0 Å². The molecule has 11 heteroatoms. The van der Waals surface area contributed by atoms with Gasteiger partial charge in [-0.05, 0) is 51.4 Å². The number of ether oxygens (including phenoxy) is 2. The third kappa shape index (κ3) is 38.2. The zero-order chi connectivity index (χ0) is 39.8. The Morgan fingerprint density at radius 1 is 0.574 bits per heavy atom. The van der Waals surface area contributed by atoms with Crippen molar-refractivity contribution < 1.29 is 47.8 Å². The van der Waals surface area contributed by atoms with Crippen molar-refractivity contribution in [2.24, 2.45) is 0 Å². The maximum Gasteiger partial charge on any atom is 0.472 e. The van der Waals surface area contributed by atoms with Crippen LogP contribution in [-0.4, -0.2) is 65.7 Å². The van der Waals surface area contributed by atoms with Crippen molar-refractivity contribution in [3.05, 3.63) is 48.6 Å². The molecule has 0 amide bonds. The van der Waals surface area contributed by atoms with Gasteiger partial charge < -0.3 is 24.6 Å². The average molecular weight is 785 g/mol. The van der Waals surface area contributed by atoms with E-state index in [4.69, 9.17) is 19.1 Å². The molecule has 0 bridgehead atoms. The predicted octanol–water partition coefficient (Wildman–Crippen LogP) is 10.9. The molecule has 0 saturated carbocycles. The van der Waals surface area contributed by atoms with Crippen molar-refractivity contribution in [1.29, 1.82) is 0 Å². The van der Waals surface area contributed by atoms with Gasteiger partial charge in [-0.15, -0.1) is 0 Å². The summed E-state index contributed by atoms with van der Waals surface area (Å²) in [6, 6.07) is 0. The molecule has 3 atom stereocenters. The summed E-state index contributed by atoms with van der Waals surface area (Å²) in [5, 5.41) is 18.3. The minimum atomic E-state index is -4.61. The van der Waals surface area contributed by atoms with Gasteiger partial charge in [0.15, 0.2) is 6.10 Å². The number of aliphatic hydroxyl groups is 2. The Hall–Kier alpha value is -2.07. The molecular weight excluding hydrogens is 707 g/mol. The van der Waals surface area contributed by atoms with Crippen LogP contribution >= 0.6 is 7.82 Å². The number of unbranched alkanes of at least 4 members (excludes halogenated alkanes) is 17. The molecule has 0 aromatic carbocycles. The smallest absolute Gasteiger partial charge is 0.462 e. The minimum absolute atomic E-state index is 0.179. The molecule has 0 radical (unpaired) electrons. The van der Waals surface area contributed by atoms with E-state index in [0.29, 0.717) is 12.8 Å². The van der Waals surface area contributed by atoms with Gasteiger partial charge in [-0.1, -0.05) is 159 Å². The Morgan fingerprint density at radius 3 is 1.54 bits per heavy atom. The molecule has 0 fully saturated rings. The van der Waals surface area contributed by atoms with Crippen molar-refractivity contribution in [3.63, 3.8) is 0 Å². The summed E-state index contributed by atoms with van der Waals surface area (Å²) >= 11 is 0. The van der Waals surface area contributed by atoms with Gasteiger partial charge in [-0.3, -0.25) is 18.6 Å². The van der Waals surface area contributed by atoms with Crippen LogP contribution in [0.4, 0.5) is 0 Å². The van der Waals surface area contributed by atoms with Crippen molar-refractivity contribution in [2.75, 3.05) is 26.4 Å². The summed E-state index contributed by atoms with van der Waals surface area (Å²) in [7, 11) is -4.61. The fourth-order valence-corrected chi connectivity index (χ4v) is 6.30. The highest BCUT2D eigenvalue weighted by Crippen LogP contribution is 2.43. The molecule has 0 aliphatic rings. The van der Waals surface area contributed by atoms with Gasteiger partial charge in [0.2, 0.25) is 0 Å². The van der Waals surface area contributed by atoms with Gasteiger partial charge in [0.25, 0.3) is 0 Å². The van der Waals surface area contributed by atoms with E-state index in [1.165, 1.54) is 64.2 Å². The van der Waals surface area contributed by atoms with E-state index in [2.05, 4.69) is 67.0 Å². The number of esters is 2. The van der Waals surface area contributed by atoms with Gasteiger partial charge >= 0.3 is 19.8 Å². The number of phosphoric acid groups is 1. The first-order valence-electron chi connectivity index (χ1n) is 21.1. The zero-order valence-electron chi connectivity index (χ0n) is 33.9. The number of aliphatic hydroxyl groups excluding tert-OH is 2. The van der Waals surface area contributed by atoms with Crippen LogP contribution in [0, 0.1) is 0 Å². The molecule has 0 aromatic rings. The third-order valence-electron chi connectivity index (χ3n) is 8.75. The molecule has 3 N–H and O–H groups in total. The molecule has 0 heterocycles. The monoisotopic (exact) mass is 785 g/mol. The molecule has 314 valence electrons. The molecule has 54 heavy (non-hydrogen) atoms. The molecule has 0 aliphatic carbocycles. The van der Waals surface area contributed by atoms with E-state index in [1.54, 1.807) is 0 Å². The van der Waals surface area contributed by atoms with Gasteiger partial charge in [0.1, 0.15) is 12.7 Å². The highest BCUT2D eigenvalue weighted by atomic mass is 31.2. The fourth-order valence-electron chi connectivity index (χ4n) is 5.51. The van der Waals surface area contributed by atoms with Gasteiger partial charge in [-0.25, -0.2) is 4.57 Å². The average Bonchev–Trinajstić information content (AvgIpc) is 3.16. The molecule has 0 aromatic heterocycles. The summed E-state index contributed by atoms with van der Waals surface area (Å²) in [5.41, 5.74) is 0. The SMILES string of the molecule is CC/C=C\C/C=C\C/C=C\C/C=C\CCCCCCCCCCCCC(=O)OC(COC(=O)CCCCCCCCCC)COP(=O)(O)OCC(O)CO. The van der Waals surface area contributed by atoms with Gasteiger partial charge in [0, 0.05) is 12.8 Å². The third-order valence-corrected chi connectivity index (χ3v) is 9.70. The van der Waals surface area contributed by atoms with Crippen LogP contribution in [0.1, 0.15) is 174 Å². The lowest BCUT2D eigenvalue weighted by atomic mass is 10.0. The van der Waals surface area contributed by atoms with Crippen LogP contribution in [0.15, 0.2) is 48.6 Å². The first-order valence-corrected chi connectivity index (χ1v) is 22.6. The van der Waals surface area contributed by atoms with Crippen LogP contribution in [0.3, 0.4) is 0 Å². The lowest BCUT2D eigenvalue weighted by Gasteiger charge is -2.20. The second kappa shape index (κ2) is 39.2. The lowest BCUT2D eigenvalue weighted by molar-refractivity contribution is -0.161. The number of hydrogen-bond donors (Lipinski definition) is 3. The second-order valence-electron chi connectivity index (χ2n) is 14.0. The van der Waals surface area contributed by atoms with Crippen molar-refractivity contribution in [2.45, 2.75) is 187 Å². The normalized spacial score (nSPS) is 14.4. The topological polar surface area (TPSA) is 149 Å². The maximum absolute atomic E-state index is 12.6. The Kier molecular flexibility index (Phi) is 37.7. The van der Waals surface area contributed by atoms with Crippen LogP contribution in [0.25, 0.3) is 0 Å². The number of carbonyl (C=O) groups excluding carboxylic acids is 2. The van der Waals surface area contributed by atoms with Gasteiger partial charge in [-0.2, -0.15) is 0 Å². The van der Waals surface area contributed by atoms with Gasteiger partial charge in [0.05, 0.1) is 19.8 Å².